The molecule has 2 heterocycles. The summed E-state index contributed by atoms with van der Waals surface area (Å²) >= 11 is 0. The number of hydrogen-bond acceptors (Lipinski definition) is 3. The van der Waals surface area contributed by atoms with Crippen LogP contribution < -0.4 is 27.6 Å². The number of aromatic nitrogens is 2. The third-order valence-electron chi connectivity index (χ3n) is 4.33. The molecule has 1 aliphatic heterocycles. The maximum Gasteiger partial charge on any atom is 0.243 e. The van der Waals surface area contributed by atoms with Crippen molar-refractivity contribution in [1.29, 1.82) is 0 Å². The van der Waals surface area contributed by atoms with Crippen LogP contribution in [-0.2, 0) is 7.05 Å². The molecule has 5 nitrogen and oxygen atoms in total. The summed E-state index contributed by atoms with van der Waals surface area (Å²) in [6, 6.07) is 8.54. The number of nitrogens with two attached hydrogens (primary N) is 1. The van der Waals surface area contributed by atoms with Crippen molar-refractivity contribution >= 4 is 11.4 Å². The van der Waals surface area contributed by atoms with E-state index < -0.39 is 0 Å². The van der Waals surface area contributed by atoms with Crippen molar-refractivity contribution in [2.45, 2.75) is 24.9 Å². The number of piperidine rings is 1. The van der Waals surface area contributed by atoms with Gasteiger partial charge in [0.25, 0.3) is 0 Å². The average molecular weight is 323 g/mol. The van der Waals surface area contributed by atoms with Crippen LogP contribution in [0.2, 0.25) is 0 Å². The number of anilines is 2. The summed E-state index contributed by atoms with van der Waals surface area (Å²) < 4.78 is 4.32. The topological polar surface area (TPSA) is 58.3 Å². The molecule has 0 saturated carbocycles. The molecule has 3 N–H and O–H groups in total. The van der Waals surface area contributed by atoms with Gasteiger partial charge in [0.15, 0.2) is 0 Å². The Hall–Kier alpha value is -1.72. The zero-order chi connectivity index (χ0) is 14.8. The quantitative estimate of drug-likeness (QED) is 0.513. The molecule has 0 radical (unpaired) electrons. The number of nitrogen functional groups attached to an aromatic ring is 1. The smallest absolute Gasteiger partial charge is 0.243 e. The first-order valence-electron chi connectivity index (χ1n) is 7.43. The van der Waals surface area contributed by atoms with Gasteiger partial charge in [-0.25, -0.2) is 9.13 Å². The molecule has 0 spiro atoms. The fraction of sp³-hybridized carbons (Fsp3) is 0.438. The molecule has 6 heteroatoms. The summed E-state index contributed by atoms with van der Waals surface area (Å²) in [6.07, 6.45) is 8.38. The first-order valence-corrected chi connectivity index (χ1v) is 7.43. The molecule has 1 aromatic carbocycles. The van der Waals surface area contributed by atoms with Crippen molar-refractivity contribution in [2.75, 3.05) is 23.8 Å². The number of halogens is 1. The van der Waals surface area contributed by atoms with Gasteiger partial charge in [-0.05, 0) is 37.1 Å². The third kappa shape index (κ3) is 3.36. The van der Waals surface area contributed by atoms with Crippen molar-refractivity contribution < 1.29 is 22.1 Å². The number of aryl methyl sites for hydroxylation is 1. The molecular formula is C16H23ClN4O. The van der Waals surface area contributed by atoms with Crippen LogP contribution in [0.5, 0.6) is 0 Å². The minimum absolute atomic E-state index is 0. The fourth-order valence-corrected chi connectivity index (χ4v) is 3.11. The van der Waals surface area contributed by atoms with Crippen LogP contribution in [0.3, 0.4) is 0 Å². The molecule has 2 atom stereocenters. The summed E-state index contributed by atoms with van der Waals surface area (Å²) in [6.45, 7) is 1.10. The fourth-order valence-electron chi connectivity index (χ4n) is 3.11. The van der Waals surface area contributed by atoms with Crippen molar-refractivity contribution in [2.24, 2.45) is 7.05 Å². The van der Waals surface area contributed by atoms with Gasteiger partial charge < -0.3 is 28.1 Å². The lowest BCUT2D eigenvalue weighted by Gasteiger charge is -2.39. The predicted molar refractivity (Wildman–Crippen MR) is 83.0 cm³/mol. The largest absolute Gasteiger partial charge is 1.00 e. The van der Waals surface area contributed by atoms with Crippen LogP contribution in [0.15, 0.2) is 43.0 Å². The second-order valence-corrected chi connectivity index (χ2v) is 5.84. The van der Waals surface area contributed by atoms with E-state index in [1.807, 2.05) is 31.3 Å². The zero-order valence-corrected chi connectivity index (χ0v) is 13.5. The summed E-state index contributed by atoms with van der Waals surface area (Å²) in [5.74, 6) is 0. The van der Waals surface area contributed by atoms with Gasteiger partial charge in [0.1, 0.15) is 18.4 Å². The van der Waals surface area contributed by atoms with Crippen LogP contribution in [0.4, 0.5) is 11.4 Å². The lowest BCUT2D eigenvalue weighted by Crippen LogP contribution is -3.00. The number of nitrogens with zero attached hydrogens (tertiary/aromatic N) is 3. The monoisotopic (exact) mass is 322 g/mol. The minimum Gasteiger partial charge on any atom is -1.00 e. The molecule has 22 heavy (non-hydrogen) atoms. The molecule has 1 fully saturated rings. The van der Waals surface area contributed by atoms with E-state index in [9.17, 15) is 5.11 Å². The molecule has 1 saturated heterocycles. The lowest BCUT2D eigenvalue weighted by atomic mass is 9.97. The predicted octanol–water partition coefficient (Wildman–Crippen LogP) is -1.90. The van der Waals surface area contributed by atoms with Gasteiger partial charge in [-0.1, -0.05) is 0 Å². The molecule has 1 aromatic heterocycles. The first-order chi connectivity index (χ1) is 10.2. The van der Waals surface area contributed by atoms with E-state index in [1.54, 1.807) is 0 Å². The highest BCUT2D eigenvalue weighted by atomic mass is 35.5. The van der Waals surface area contributed by atoms with Crippen molar-refractivity contribution in [1.82, 2.24) is 4.57 Å². The number of imidazole rings is 1. The van der Waals surface area contributed by atoms with Gasteiger partial charge in [0.05, 0.1) is 26.2 Å². The Bertz CT molecular complexity index is 598. The van der Waals surface area contributed by atoms with Crippen LogP contribution in [0.1, 0.15) is 18.9 Å². The van der Waals surface area contributed by atoms with Crippen LogP contribution in [-0.4, -0.2) is 28.9 Å². The molecule has 2 unspecified atom stereocenters. The van der Waals surface area contributed by atoms with E-state index in [0.29, 0.717) is 6.04 Å². The zero-order valence-electron chi connectivity index (χ0n) is 12.8. The number of benzene rings is 1. The Morgan fingerprint density at radius 2 is 2.00 bits per heavy atom. The second-order valence-electron chi connectivity index (χ2n) is 5.84. The van der Waals surface area contributed by atoms with E-state index in [4.69, 9.17) is 5.73 Å². The lowest BCUT2D eigenvalue weighted by molar-refractivity contribution is -0.671. The molecule has 2 aromatic rings. The highest BCUT2D eigenvalue weighted by molar-refractivity contribution is 5.54. The molecule has 0 bridgehead atoms. The maximum absolute atomic E-state index is 9.66. The van der Waals surface area contributed by atoms with E-state index >= 15 is 0 Å². The molecule has 0 amide bonds. The number of aliphatic hydroxyl groups excluding tert-OH is 1. The molecule has 1 aliphatic rings. The van der Waals surface area contributed by atoms with E-state index in [0.717, 1.165) is 30.8 Å². The van der Waals surface area contributed by atoms with Crippen molar-refractivity contribution in [3.05, 3.63) is 43.0 Å². The Labute approximate surface area is 137 Å². The molecule has 120 valence electrons. The Balaban J connectivity index is 0.00000176. The van der Waals surface area contributed by atoms with Crippen LogP contribution in [0, 0.1) is 0 Å². The van der Waals surface area contributed by atoms with Crippen LogP contribution >= 0.6 is 0 Å². The SMILES string of the molecule is C[n+]1ccn(C2CCC(CO)N(c3ccc(N)cc3)C2)c1.[Cl-]. The van der Waals surface area contributed by atoms with Gasteiger partial charge in [-0.3, -0.25) is 0 Å². The number of hydrogen-bond donors (Lipinski definition) is 2. The second kappa shape index (κ2) is 7.03. The van der Waals surface area contributed by atoms with Gasteiger partial charge in [-0.2, -0.15) is 0 Å². The van der Waals surface area contributed by atoms with Gasteiger partial charge in [-0.15, -0.1) is 0 Å². The van der Waals surface area contributed by atoms with E-state index in [2.05, 4.69) is 32.8 Å². The summed E-state index contributed by atoms with van der Waals surface area (Å²) in [4.78, 5) is 2.30. The van der Waals surface area contributed by atoms with E-state index in [1.165, 1.54) is 0 Å². The van der Waals surface area contributed by atoms with Crippen molar-refractivity contribution in [3.8, 4) is 0 Å². The summed E-state index contributed by atoms with van der Waals surface area (Å²) in [7, 11) is 2.04. The standard InChI is InChI=1S/C16H23N4O.ClH/c1-18-8-9-19(12-18)15-6-7-16(11-21)20(10-15)14-4-2-13(17)3-5-14;/h2-5,8-9,12,15-16,21H,6-7,10-11,17H2,1H3;1H/q+1;/p-1. The highest BCUT2D eigenvalue weighted by Gasteiger charge is 2.31. The normalized spacial score (nSPS) is 21.5. The Kier molecular flexibility index (Phi) is 5.32. The average Bonchev–Trinajstić information content (AvgIpc) is 2.94. The number of rotatable bonds is 3. The highest BCUT2D eigenvalue weighted by Crippen LogP contribution is 2.30. The summed E-state index contributed by atoms with van der Waals surface area (Å²) in [5, 5.41) is 9.66. The molecule has 0 aliphatic carbocycles. The Morgan fingerprint density at radius 3 is 2.59 bits per heavy atom. The summed E-state index contributed by atoms with van der Waals surface area (Å²) in [5.41, 5.74) is 7.67. The maximum atomic E-state index is 9.66. The van der Waals surface area contributed by atoms with E-state index in [-0.39, 0.29) is 25.1 Å². The third-order valence-corrected chi connectivity index (χ3v) is 4.33. The van der Waals surface area contributed by atoms with Crippen LogP contribution in [0.25, 0.3) is 0 Å². The van der Waals surface area contributed by atoms with Gasteiger partial charge >= 0.3 is 0 Å². The van der Waals surface area contributed by atoms with Crippen molar-refractivity contribution in [3.63, 3.8) is 0 Å². The molecule has 3 rings (SSSR count). The first kappa shape index (κ1) is 16.6. The van der Waals surface area contributed by atoms with Gasteiger partial charge in [0.2, 0.25) is 6.33 Å². The molecular weight excluding hydrogens is 300 g/mol. The Morgan fingerprint density at radius 1 is 1.27 bits per heavy atom. The minimum atomic E-state index is 0. The van der Waals surface area contributed by atoms with Gasteiger partial charge in [0, 0.05) is 11.4 Å². The number of aliphatic hydroxyl groups is 1.